The zero-order chi connectivity index (χ0) is 20.4. The minimum atomic E-state index is -1.11. The first-order valence-corrected chi connectivity index (χ1v) is 8.69. The van der Waals surface area contributed by atoms with Crippen molar-refractivity contribution in [3.63, 3.8) is 0 Å². The van der Waals surface area contributed by atoms with Gasteiger partial charge in [0.1, 0.15) is 11.4 Å². The van der Waals surface area contributed by atoms with Crippen molar-refractivity contribution in [1.82, 2.24) is 9.38 Å². The third-order valence-corrected chi connectivity index (χ3v) is 4.38. The van der Waals surface area contributed by atoms with Crippen LogP contribution in [0.3, 0.4) is 0 Å². The number of hydrogen-bond acceptors (Lipinski definition) is 5. The van der Waals surface area contributed by atoms with Crippen LogP contribution >= 0.6 is 0 Å². The van der Waals surface area contributed by atoms with Gasteiger partial charge in [-0.15, -0.1) is 0 Å². The van der Waals surface area contributed by atoms with E-state index in [1.165, 1.54) is 12.3 Å². The van der Waals surface area contributed by atoms with E-state index in [0.29, 0.717) is 22.7 Å². The number of carbonyl (C=O) groups is 1. The molecule has 0 aliphatic rings. The number of nitro groups is 1. The second-order valence-corrected chi connectivity index (χ2v) is 6.31. The van der Waals surface area contributed by atoms with Gasteiger partial charge in [0, 0.05) is 23.4 Å². The summed E-state index contributed by atoms with van der Waals surface area (Å²) in [6, 6.07) is 18.5. The predicted molar refractivity (Wildman–Crippen MR) is 105 cm³/mol. The van der Waals surface area contributed by atoms with Crippen molar-refractivity contribution in [2.24, 2.45) is 0 Å². The maximum atomic E-state index is 11.6. The average molecular weight is 389 g/mol. The largest absolute Gasteiger partial charge is 0.478 e. The molecule has 0 saturated heterocycles. The molecule has 0 fully saturated rings. The number of ether oxygens (including phenoxy) is 1. The number of fused-ring (bicyclic) bond motifs is 1. The molecule has 2 aromatic heterocycles. The van der Waals surface area contributed by atoms with Gasteiger partial charge < -0.3 is 9.84 Å². The lowest BCUT2D eigenvalue weighted by molar-refractivity contribution is -0.385. The van der Waals surface area contributed by atoms with Crippen molar-refractivity contribution in [3.05, 3.63) is 94.8 Å². The number of carboxylic acids is 1. The number of carboxylic acid groups (broad SMARTS) is 1. The molecule has 144 valence electrons. The lowest BCUT2D eigenvalue weighted by Crippen LogP contribution is -2.18. The van der Waals surface area contributed by atoms with E-state index in [2.05, 4.69) is 4.98 Å². The standard InChI is InChI=1S/C21H15N3O5/c25-21(26)20(15-4-2-1-3-5-15)29-17-9-6-14(7-10-17)18-13-23-12-16(24(27)28)8-11-19(23)22-18/h1-13,20H,(H,25,26). The Labute approximate surface area is 164 Å². The van der Waals surface area contributed by atoms with Gasteiger partial charge in [0.25, 0.3) is 5.69 Å². The summed E-state index contributed by atoms with van der Waals surface area (Å²) < 4.78 is 7.24. The van der Waals surface area contributed by atoms with E-state index in [9.17, 15) is 20.0 Å². The Balaban J connectivity index is 1.58. The van der Waals surface area contributed by atoms with Crippen molar-refractivity contribution in [2.75, 3.05) is 0 Å². The normalized spacial score (nSPS) is 11.9. The summed E-state index contributed by atoms with van der Waals surface area (Å²) in [7, 11) is 0. The van der Waals surface area contributed by atoms with E-state index < -0.39 is 17.0 Å². The molecule has 2 heterocycles. The summed E-state index contributed by atoms with van der Waals surface area (Å²) in [5.41, 5.74) is 2.52. The van der Waals surface area contributed by atoms with E-state index in [0.717, 1.165) is 5.56 Å². The molecule has 1 N–H and O–H groups in total. The molecule has 4 rings (SSSR count). The fraction of sp³-hybridized carbons (Fsp3) is 0.0476. The van der Waals surface area contributed by atoms with Crippen molar-refractivity contribution >= 4 is 17.3 Å². The first kappa shape index (κ1) is 18.2. The van der Waals surface area contributed by atoms with Crippen LogP contribution in [-0.4, -0.2) is 25.4 Å². The summed E-state index contributed by atoms with van der Waals surface area (Å²) in [6.07, 6.45) is 1.99. The highest BCUT2D eigenvalue weighted by Crippen LogP contribution is 2.26. The molecule has 29 heavy (non-hydrogen) atoms. The SMILES string of the molecule is O=C(O)C(Oc1ccc(-c2cn3cc([N+](=O)[O-])ccc3n2)cc1)c1ccccc1. The lowest BCUT2D eigenvalue weighted by atomic mass is 10.1. The molecular weight excluding hydrogens is 374 g/mol. The smallest absolute Gasteiger partial charge is 0.349 e. The fourth-order valence-electron chi connectivity index (χ4n) is 2.96. The van der Waals surface area contributed by atoms with Crippen molar-refractivity contribution in [2.45, 2.75) is 6.10 Å². The molecule has 1 unspecified atom stereocenters. The molecule has 2 aromatic carbocycles. The monoisotopic (exact) mass is 389 g/mol. The number of hydrogen-bond donors (Lipinski definition) is 1. The second kappa shape index (κ2) is 7.43. The van der Waals surface area contributed by atoms with Gasteiger partial charge in [-0.1, -0.05) is 30.3 Å². The van der Waals surface area contributed by atoms with Crippen molar-refractivity contribution < 1.29 is 19.6 Å². The third-order valence-electron chi connectivity index (χ3n) is 4.38. The summed E-state index contributed by atoms with van der Waals surface area (Å²) in [5.74, 6) is -0.674. The van der Waals surface area contributed by atoms with Crippen LogP contribution in [0.1, 0.15) is 11.7 Å². The number of imidazole rings is 1. The van der Waals surface area contributed by atoms with E-state index in [1.807, 2.05) is 0 Å². The maximum Gasteiger partial charge on any atom is 0.349 e. The first-order valence-electron chi connectivity index (χ1n) is 8.69. The van der Waals surface area contributed by atoms with Crippen molar-refractivity contribution in [1.29, 1.82) is 0 Å². The molecule has 0 radical (unpaired) electrons. The van der Waals surface area contributed by atoms with Crippen LogP contribution in [-0.2, 0) is 4.79 Å². The zero-order valence-corrected chi connectivity index (χ0v) is 15.0. The van der Waals surface area contributed by atoms with Crippen LogP contribution < -0.4 is 4.74 Å². The molecule has 0 spiro atoms. The van der Waals surface area contributed by atoms with E-state index in [4.69, 9.17) is 4.74 Å². The molecule has 0 bridgehead atoms. The number of aromatic nitrogens is 2. The van der Waals surface area contributed by atoms with Gasteiger partial charge in [-0.05, 0) is 30.3 Å². The van der Waals surface area contributed by atoms with Gasteiger partial charge in [-0.2, -0.15) is 0 Å². The minimum Gasteiger partial charge on any atom is -0.478 e. The average Bonchev–Trinajstić information content (AvgIpc) is 3.16. The molecule has 0 aliphatic heterocycles. The molecule has 1 atom stereocenters. The summed E-state index contributed by atoms with van der Waals surface area (Å²) >= 11 is 0. The third kappa shape index (κ3) is 3.77. The summed E-state index contributed by atoms with van der Waals surface area (Å²) in [5, 5.41) is 20.4. The number of rotatable bonds is 6. The number of nitrogens with zero attached hydrogens (tertiary/aromatic N) is 3. The Morgan fingerprint density at radius 1 is 1.03 bits per heavy atom. The predicted octanol–water partition coefficient (Wildman–Crippen LogP) is 4.11. The Morgan fingerprint density at radius 3 is 2.41 bits per heavy atom. The first-order chi connectivity index (χ1) is 14.0. The highest BCUT2D eigenvalue weighted by atomic mass is 16.6. The van der Waals surface area contributed by atoms with Gasteiger partial charge in [-0.3, -0.25) is 14.5 Å². The van der Waals surface area contributed by atoms with Gasteiger partial charge >= 0.3 is 5.97 Å². The van der Waals surface area contributed by atoms with E-state index in [1.54, 1.807) is 71.3 Å². The molecular formula is C21H15N3O5. The Bertz CT molecular complexity index is 1190. The fourth-order valence-corrected chi connectivity index (χ4v) is 2.96. The zero-order valence-electron chi connectivity index (χ0n) is 15.0. The Kier molecular flexibility index (Phi) is 4.66. The molecule has 0 saturated carbocycles. The lowest BCUT2D eigenvalue weighted by Gasteiger charge is -2.15. The van der Waals surface area contributed by atoms with Gasteiger partial charge in [0.2, 0.25) is 6.10 Å². The number of pyridine rings is 1. The van der Waals surface area contributed by atoms with E-state index >= 15 is 0 Å². The second-order valence-electron chi connectivity index (χ2n) is 6.31. The topological polar surface area (TPSA) is 107 Å². The number of aliphatic carboxylic acids is 1. The molecule has 8 nitrogen and oxygen atoms in total. The van der Waals surface area contributed by atoms with Crippen LogP contribution in [0.15, 0.2) is 79.1 Å². The summed E-state index contributed by atoms with van der Waals surface area (Å²) in [4.78, 5) is 26.5. The highest BCUT2D eigenvalue weighted by Gasteiger charge is 2.21. The molecule has 8 heteroatoms. The molecule has 0 aliphatic carbocycles. The van der Waals surface area contributed by atoms with Gasteiger partial charge in [-0.25, -0.2) is 9.78 Å². The molecule has 4 aromatic rings. The van der Waals surface area contributed by atoms with Crippen molar-refractivity contribution in [3.8, 4) is 17.0 Å². The molecule has 0 amide bonds. The van der Waals surface area contributed by atoms with E-state index in [-0.39, 0.29) is 5.69 Å². The van der Waals surface area contributed by atoms with Crippen LogP contribution in [0.5, 0.6) is 5.75 Å². The van der Waals surface area contributed by atoms with Crippen LogP contribution in [0.2, 0.25) is 0 Å². The van der Waals surface area contributed by atoms with Crippen LogP contribution in [0, 0.1) is 10.1 Å². The highest BCUT2D eigenvalue weighted by molar-refractivity contribution is 5.75. The minimum absolute atomic E-state index is 0.0224. The Morgan fingerprint density at radius 2 is 1.76 bits per heavy atom. The van der Waals surface area contributed by atoms with Gasteiger partial charge in [0.05, 0.1) is 16.8 Å². The van der Waals surface area contributed by atoms with Crippen LogP contribution in [0.4, 0.5) is 5.69 Å². The summed E-state index contributed by atoms with van der Waals surface area (Å²) in [6.45, 7) is 0. The maximum absolute atomic E-state index is 11.6. The number of benzene rings is 2. The Hall–Kier alpha value is -4.20. The van der Waals surface area contributed by atoms with Gasteiger partial charge in [0.15, 0.2) is 0 Å². The van der Waals surface area contributed by atoms with Crippen LogP contribution in [0.25, 0.3) is 16.9 Å². The quantitative estimate of drug-likeness (QED) is 0.393.